The molecule has 6 nitrogen and oxygen atoms in total. The van der Waals surface area contributed by atoms with Gasteiger partial charge in [-0.15, -0.1) is 0 Å². The molecule has 20 heavy (non-hydrogen) atoms. The predicted molar refractivity (Wildman–Crippen MR) is 77.0 cm³/mol. The average molecular weight is 276 g/mol. The van der Waals surface area contributed by atoms with Crippen molar-refractivity contribution in [1.29, 1.82) is 0 Å². The van der Waals surface area contributed by atoms with Crippen molar-refractivity contribution in [3.63, 3.8) is 0 Å². The van der Waals surface area contributed by atoms with Crippen molar-refractivity contribution < 1.29 is 9.90 Å². The van der Waals surface area contributed by atoms with E-state index in [0.29, 0.717) is 12.1 Å². The van der Waals surface area contributed by atoms with E-state index < -0.39 is 5.97 Å². The number of hydrogen-bond donors (Lipinski definition) is 2. The molecule has 3 heterocycles. The minimum atomic E-state index is -1.00. The number of carboxylic acid groups (broad SMARTS) is 1. The molecule has 108 valence electrons. The summed E-state index contributed by atoms with van der Waals surface area (Å²) >= 11 is 0. The Morgan fingerprint density at radius 1 is 1.50 bits per heavy atom. The number of nitrogens with zero attached hydrogens (tertiary/aromatic N) is 3. The van der Waals surface area contributed by atoms with Gasteiger partial charge in [0.25, 0.3) is 0 Å². The van der Waals surface area contributed by atoms with Gasteiger partial charge in [0.15, 0.2) is 0 Å². The highest BCUT2D eigenvalue weighted by Gasteiger charge is 2.35. The molecule has 2 aliphatic heterocycles. The number of carbonyl (C=O) groups is 1. The summed E-state index contributed by atoms with van der Waals surface area (Å²) in [5.74, 6) is -0.283. The van der Waals surface area contributed by atoms with Crippen molar-refractivity contribution in [1.82, 2.24) is 9.88 Å². The van der Waals surface area contributed by atoms with E-state index in [1.807, 2.05) is 0 Å². The van der Waals surface area contributed by atoms with Gasteiger partial charge >= 0.3 is 5.97 Å². The number of nitrogens with two attached hydrogens (primary N) is 1. The summed E-state index contributed by atoms with van der Waals surface area (Å²) < 4.78 is 0. The number of aromatic nitrogens is 1. The molecule has 0 spiro atoms. The second kappa shape index (κ2) is 4.94. The predicted octanol–water partition coefficient (Wildman–Crippen LogP) is 1.03. The minimum Gasteiger partial charge on any atom is -0.478 e. The number of aromatic carboxylic acids is 1. The quantitative estimate of drug-likeness (QED) is 0.839. The van der Waals surface area contributed by atoms with E-state index in [9.17, 15) is 9.90 Å². The lowest BCUT2D eigenvalue weighted by Gasteiger charge is -2.43. The lowest BCUT2D eigenvalue weighted by atomic mass is 10.1. The fourth-order valence-corrected chi connectivity index (χ4v) is 3.30. The van der Waals surface area contributed by atoms with Gasteiger partial charge in [-0.05, 0) is 32.4 Å². The van der Waals surface area contributed by atoms with Gasteiger partial charge in [0, 0.05) is 25.2 Å². The van der Waals surface area contributed by atoms with Crippen molar-refractivity contribution in [3.05, 3.63) is 17.8 Å². The molecule has 0 bridgehead atoms. The molecule has 0 aliphatic carbocycles. The summed E-state index contributed by atoms with van der Waals surface area (Å²) in [4.78, 5) is 20.2. The van der Waals surface area contributed by atoms with Crippen LogP contribution in [0.15, 0.2) is 12.3 Å². The molecule has 6 heteroatoms. The Kier molecular flexibility index (Phi) is 3.25. The smallest absolute Gasteiger partial charge is 0.337 e. The van der Waals surface area contributed by atoms with E-state index in [-0.39, 0.29) is 11.3 Å². The number of hydrogen-bond acceptors (Lipinski definition) is 5. The zero-order valence-electron chi connectivity index (χ0n) is 11.6. The number of rotatable bonds is 2. The fourth-order valence-electron chi connectivity index (χ4n) is 3.30. The van der Waals surface area contributed by atoms with Gasteiger partial charge < -0.3 is 15.7 Å². The molecule has 1 aromatic heterocycles. The van der Waals surface area contributed by atoms with E-state index >= 15 is 0 Å². The second-order valence-corrected chi connectivity index (χ2v) is 5.73. The topological polar surface area (TPSA) is 82.7 Å². The Labute approximate surface area is 118 Å². The molecule has 3 rings (SSSR count). The molecule has 2 fully saturated rings. The monoisotopic (exact) mass is 276 g/mol. The van der Waals surface area contributed by atoms with Crippen LogP contribution in [-0.2, 0) is 0 Å². The Balaban J connectivity index is 1.88. The molecule has 0 radical (unpaired) electrons. The fraction of sp³-hybridized carbons (Fsp3) is 0.571. The third kappa shape index (κ3) is 2.20. The first-order chi connectivity index (χ1) is 9.56. The maximum absolute atomic E-state index is 11.2. The summed E-state index contributed by atoms with van der Waals surface area (Å²) in [6, 6.07) is 2.50. The Morgan fingerprint density at radius 3 is 3.05 bits per heavy atom. The molecule has 2 saturated heterocycles. The van der Waals surface area contributed by atoms with Gasteiger partial charge in [-0.3, -0.25) is 4.90 Å². The van der Waals surface area contributed by atoms with E-state index in [0.717, 1.165) is 18.9 Å². The molecule has 2 aliphatic rings. The summed E-state index contributed by atoms with van der Waals surface area (Å²) in [7, 11) is 0. The molecule has 0 aromatic carbocycles. The van der Waals surface area contributed by atoms with Crippen LogP contribution in [0.3, 0.4) is 0 Å². The lowest BCUT2D eigenvalue weighted by Crippen LogP contribution is -2.55. The molecule has 1 aromatic rings. The van der Waals surface area contributed by atoms with Crippen molar-refractivity contribution >= 4 is 17.5 Å². The maximum atomic E-state index is 11.2. The maximum Gasteiger partial charge on any atom is 0.337 e. The van der Waals surface area contributed by atoms with E-state index in [4.69, 9.17) is 5.73 Å². The molecule has 0 amide bonds. The Hall–Kier alpha value is -1.82. The number of piperazine rings is 1. The van der Waals surface area contributed by atoms with Crippen molar-refractivity contribution in [2.75, 3.05) is 30.3 Å². The SMILES string of the molecule is CC1CN2CCCC2CN1c1cc(C(=O)O)c(N)cn1. The number of pyridine rings is 1. The molecule has 0 saturated carbocycles. The summed E-state index contributed by atoms with van der Waals surface area (Å²) in [5, 5.41) is 9.17. The van der Waals surface area contributed by atoms with Crippen LogP contribution in [0.5, 0.6) is 0 Å². The van der Waals surface area contributed by atoms with Gasteiger partial charge in [-0.1, -0.05) is 0 Å². The first-order valence-electron chi connectivity index (χ1n) is 7.06. The lowest BCUT2D eigenvalue weighted by molar-refractivity contribution is 0.0698. The minimum absolute atomic E-state index is 0.135. The largest absolute Gasteiger partial charge is 0.478 e. The number of carboxylic acids is 1. The Morgan fingerprint density at radius 2 is 2.30 bits per heavy atom. The van der Waals surface area contributed by atoms with E-state index in [1.165, 1.54) is 25.6 Å². The highest BCUT2D eigenvalue weighted by molar-refractivity contribution is 5.94. The third-order valence-electron chi connectivity index (χ3n) is 4.38. The molecular weight excluding hydrogens is 256 g/mol. The van der Waals surface area contributed by atoms with Crippen LogP contribution in [0.1, 0.15) is 30.1 Å². The first-order valence-corrected chi connectivity index (χ1v) is 7.06. The van der Waals surface area contributed by atoms with Crippen molar-refractivity contribution in [3.8, 4) is 0 Å². The van der Waals surface area contributed by atoms with Crippen LogP contribution in [-0.4, -0.2) is 52.7 Å². The number of nitrogen functional groups attached to an aromatic ring is 1. The molecule has 2 atom stereocenters. The van der Waals surface area contributed by atoms with Gasteiger partial charge in [-0.25, -0.2) is 9.78 Å². The van der Waals surface area contributed by atoms with Crippen LogP contribution in [0.2, 0.25) is 0 Å². The van der Waals surface area contributed by atoms with Gasteiger partial charge in [0.1, 0.15) is 5.82 Å². The first kappa shape index (κ1) is 13.2. The van der Waals surface area contributed by atoms with Gasteiger partial charge in [0.2, 0.25) is 0 Å². The normalized spacial score (nSPS) is 26.6. The third-order valence-corrected chi connectivity index (χ3v) is 4.38. The zero-order chi connectivity index (χ0) is 14.3. The Bertz CT molecular complexity index is 534. The van der Waals surface area contributed by atoms with Crippen LogP contribution < -0.4 is 10.6 Å². The second-order valence-electron chi connectivity index (χ2n) is 5.73. The standard InChI is InChI=1S/C14H20N4O2/c1-9-7-17-4-2-3-10(17)8-18(9)13-5-11(14(19)20)12(15)6-16-13/h5-6,9-10H,2-4,7-8,15H2,1H3,(H,19,20). The van der Waals surface area contributed by atoms with E-state index in [1.54, 1.807) is 6.07 Å². The van der Waals surface area contributed by atoms with Crippen LogP contribution in [0.4, 0.5) is 11.5 Å². The van der Waals surface area contributed by atoms with Crippen LogP contribution in [0, 0.1) is 0 Å². The zero-order valence-corrected chi connectivity index (χ0v) is 11.6. The number of anilines is 2. The average Bonchev–Trinajstić information content (AvgIpc) is 2.85. The molecule has 2 unspecified atom stereocenters. The van der Waals surface area contributed by atoms with E-state index in [2.05, 4.69) is 21.7 Å². The molecular formula is C14H20N4O2. The number of fused-ring (bicyclic) bond motifs is 1. The highest BCUT2D eigenvalue weighted by Crippen LogP contribution is 2.28. The van der Waals surface area contributed by atoms with Crippen molar-refractivity contribution in [2.24, 2.45) is 0 Å². The van der Waals surface area contributed by atoms with Gasteiger partial charge in [0.05, 0.1) is 17.4 Å². The summed E-state index contributed by atoms with van der Waals surface area (Å²) in [6.07, 6.45) is 3.91. The highest BCUT2D eigenvalue weighted by atomic mass is 16.4. The van der Waals surface area contributed by atoms with Crippen LogP contribution in [0.25, 0.3) is 0 Å². The van der Waals surface area contributed by atoms with Crippen molar-refractivity contribution in [2.45, 2.75) is 31.8 Å². The van der Waals surface area contributed by atoms with Gasteiger partial charge in [-0.2, -0.15) is 0 Å². The van der Waals surface area contributed by atoms with Crippen LogP contribution >= 0.6 is 0 Å². The summed E-state index contributed by atoms with van der Waals surface area (Å²) in [5.41, 5.74) is 6.02. The summed E-state index contributed by atoms with van der Waals surface area (Å²) in [6.45, 7) is 5.27. The molecule has 3 N–H and O–H groups in total.